The van der Waals surface area contributed by atoms with Crippen LogP contribution in [-0.2, 0) is 16.0 Å². The largest absolute Gasteiger partial charge is 0.464 e. The first kappa shape index (κ1) is 14.1. The zero-order chi connectivity index (χ0) is 13.9. The first-order valence-corrected chi connectivity index (χ1v) is 5.67. The molecule has 0 N–H and O–H groups in total. The molecular weight excluding hydrogens is 236 g/mol. The molecule has 0 aromatic carbocycles. The topological polar surface area (TPSA) is 77.3 Å². The van der Waals surface area contributed by atoms with Crippen molar-refractivity contribution in [2.75, 3.05) is 21.2 Å². The van der Waals surface area contributed by atoms with Crippen molar-refractivity contribution < 1.29 is 14.3 Å². The van der Waals surface area contributed by atoms with Crippen LogP contribution in [0.15, 0.2) is 0 Å². The van der Waals surface area contributed by atoms with Gasteiger partial charge in [-0.2, -0.15) is 0 Å². The van der Waals surface area contributed by atoms with Gasteiger partial charge < -0.3 is 9.64 Å². The molecule has 1 unspecified atom stereocenters. The monoisotopic (exact) mass is 254 g/mol. The van der Waals surface area contributed by atoms with Crippen LogP contribution in [0.1, 0.15) is 36.1 Å². The van der Waals surface area contributed by atoms with Crippen LogP contribution in [0.3, 0.4) is 0 Å². The van der Waals surface area contributed by atoms with E-state index < -0.39 is 12.0 Å². The average molecular weight is 254 g/mol. The minimum atomic E-state index is -0.539. The van der Waals surface area contributed by atoms with Gasteiger partial charge in [0, 0.05) is 14.1 Å². The fourth-order valence-corrected chi connectivity index (χ4v) is 1.69. The molecule has 0 radical (unpaired) electrons. The molecule has 0 fully saturated rings. The summed E-state index contributed by atoms with van der Waals surface area (Å²) in [6.07, 6.45) is 0.544. The number of nitrogens with zero attached hydrogens (tertiary/aromatic N) is 4. The zero-order valence-corrected chi connectivity index (χ0v) is 11.3. The molecule has 7 nitrogen and oxygen atoms in total. The third kappa shape index (κ3) is 2.49. The molecule has 18 heavy (non-hydrogen) atoms. The Morgan fingerprint density at radius 3 is 2.50 bits per heavy atom. The normalized spacial score (nSPS) is 12.1. The number of methoxy groups -OCH3 is 1. The van der Waals surface area contributed by atoms with Gasteiger partial charge >= 0.3 is 5.97 Å². The average Bonchev–Trinajstić information content (AvgIpc) is 2.79. The van der Waals surface area contributed by atoms with Crippen LogP contribution in [0.4, 0.5) is 0 Å². The standard InChI is InChI=1S/C11H18N4O3/c1-6-8-9(11(17)18-5)12-13-15(8)7(2)10(16)14(3)4/h7H,6H2,1-5H3. The van der Waals surface area contributed by atoms with Crippen LogP contribution >= 0.6 is 0 Å². The molecule has 0 saturated heterocycles. The minimum absolute atomic E-state index is 0.106. The second-order valence-electron chi connectivity index (χ2n) is 4.08. The summed E-state index contributed by atoms with van der Waals surface area (Å²) in [5.74, 6) is -0.645. The lowest BCUT2D eigenvalue weighted by Gasteiger charge is -2.18. The Morgan fingerprint density at radius 1 is 1.44 bits per heavy atom. The molecule has 1 atom stereocenters. The van der Waals surface area contributed by atoms with Gasteiger partial charge in [-0.05, 0) is 13.3 Å². The summed E-state index contributed by atoms with van der Waals surface area (Å²) in [6.45, 7) is 3.59. The number of likely N-dealkylation sites (N-methyl/N-ethyl adjacent to an activating group) is 1. The van der Waals surface area contributed by atoms with Gasteiger partial charge in [0.2, 0.25) is 5.91 Å². The number of rotatable bonds is 4. The third-order valence-corrected chi connectivity index (χ3v) is 2.67. The van der Waals surface area contributed by atoms with Crippen molar-refractivity contribution in [3.63, 3.8) is 0 Å². The Balaban J connectivity index is 3.14. The molecular formula is C11H18N4O3. The molecule has 1 aromatic heterocycles. The van der Waals surface area contributed by atoms with E-state index in [1.807, 2.05) is 6.92 Å². The van der Waals surface area contributed by atoms with Gasteiger partial charge in [0.25, 0.3) is 0 Å². The van der Waals surface area contributed by atoms with E-state index in [9.17, 15) is 9.59 Å². The van der Waals surface area contributed by atoms with E-state index in [0.717, 1.165) is 0 Å². The molecule has 0 aliphatic rings. The maximum Gasteiger partial charge on any atom is 0.360 e. The van der Waals surface area contributed by atoms with E-state index in [4.69, 9.17) is 0 Å². The molecule has 0 aliphatic carbocycles. The highest BCUT2D eigenvalue weighted by molar-refractivity contribution is 5.88. The van der Waals surface area contributed by atoms with Crippen LogP contribution < -0.4 is 0 Å². The second kappa shape index (κ2) is 5.61. The Labute approximate surface area is 106 Å². The maximum absolute atomic E-state index is 11.9. The molecule has 0 saturated carbocycles. The number of esters is 1. The first-order valence-electron chi connectivity index (χ1n) is 5.67. The molecule has 1 amide bonds. The Hall–Kier alpha value is -1.92. The van der Waals surface area contributed by atoms with Crippen LogP contribution in [0, 0.1) is 0 Å². The second-order valence-corrected chi connectivity index (χ2v) is 4.08. The highest BCUT2D eigenvalue weighted by Crippen LogP contribution is 2.15. The zero-order valence-electron chi connectivity index (χ0n) is 11.3. The van der Waals surface area contributed by atoms with E-state index >= 15 is 0 Å². The molecule has 1 heterocycles. The van der Waals surface area contributed by atoms with Gasteiger partial charge in [0.1, 0.15) is 6.04 Å². The van der Waals surface area contributed by atoms with Gasteiger partial charge in [-0.15, -0.1) is 5.10 Å². The van der Waals surface area contributed by atoms with Crippen LogP contribution in [0.5, 0.6) is 0 Å². The van der Waals surface area contributed by atoms with Crippen molar-refractivity contribution in [2.45, 2.75) is 26.3 Å². The summed E-state index contributed by atoms with van der Waals surface area (Å²) in [7, 11) is 4.63. The highest BCUT2D eigenvalue weighted by Gasteiger charge is 2.25. The summed E-state index contributed by atoms with van der Waals surface area (Å²) in [5, 5.41) is 7.67. The summed E-state index contributed by atoms with van der Waals surface area (Å²) in [5.41, 5.74) is 0.767. The number of aromatic nitrogens is 3. The Bertz CT molecular complexity index is 453. The SMILES string of the molecule is CCc1c(C(=O)OC)nnn1C(C)C(=O)N(C)C. The van der Waals surface area contributed by atoms with Crippen LogP contribution in [0.25, 0.3) is 0 Å². The van der Waals surface area contributed by atoms with E-state index in [1.54, 1.807) is 21.0 Å². The molecule has 0 bridgehead atoms. The quantitative estimate of drug-likeness (QED) is 0.721. The van der Waals surface area contributed by atoms with Crippen molar-refractivity contribution in [3.05, 3.63) is 11.4 Å². The Morgan fingerprint density at radius 2 is 2.06 bits per heavy atom. The highest BCUT2D eigenvalue weighted by atomic mass is 16.5. The lowest BCUT2D eigenvalue weighted by Crippen LogP contribution is -2.31. The van der Waals surface area contributed by atoms with E-state index in [2.05, 4.69) is 15.0 Å². The van der Waals surface area contributed by atoms with Crippen molar-refractivity contribution >= 4 is 11.9 Å². The van der Waals surface area contributed by atoms with Gasteiger partial charge in [-0.1, -0.05) is 12.1 Å². The lowest BCUT2D eigenvalue weighted by atomic mass is 10.2. The summed E-state index contributed by atoms with van der Waals surface area (Å²) in [4.78, 5) is 24.9. The number of carbonyl (C=O) groups is 2. The first-order chi connectivity index (χ1) is 8.43. The third-order valence-electron chi connectivity index (χ3n) is 2.67. The molecule has 0 spiro atoms. The van der Waals surface area contributed by atoms with Crippen LogP contribution in [0.2, 0.25) is 0 Å². The van der Waals surface area contributed by atoms with Crippen molar-refractivity contribution in [1.82, 2.24) is 19.9 Å². The fraction of sp³-hybridized carbons (Fsp3) is 0.636. The molecule has 1 aromatic rings. The van der Waals surface area contributed by atoms with Crippen molar-refractivity contribution in [1.29, 1.82) is 0 Å². The maximum atomic E-state index is 11.9. The van der Waals surface area contributed by atoms with E-state index in [1.165, 1.54) is 16.7 Å². The molecule has 0 aliphatic heterocycles. The Kier molecular flexibility index (Phi) is 4.41. The molecule has 1 rings (SSSR count). The number of hydrogen-bond donors (Lipinski definition) is 0. The van der Waals surface area contributed by atoms with Gasteiger partial charge in [0.05, 0.1) is 12.8 Å². The summed E-state index contributed by atoms with van der Waals surface area (Å²) < 4.78 is 6.10. The fourth-order valence-electron chi connectivity index (χ4n) is 1.69. The predicted octanol–water partition coefficient (Wildman–Crippen LogP) is 0.276. The number of ether oxygens (including phenoxy) is 1. The molecule has 100 valence electrons. The van der Waals surface area contributed by atoms with Crippen LogP contribution in [-0.4, -0.2) is 53.0 Å². The van der Waals surface area contributed by atoms with Crippen molar-refractivity contribution in [3.8, 4) is 0 Å². The van der Waals surface area contributed by atoms with Gasteiger partial charge in [0.15, 0.2) is 5.69 Å². The lowest BCUT2D eigenvalue weighted by molar-refractivity contribution is -0.132. The van der Waals surface area contributed by atoms with E-state index in [0.29, 0.717) is 12.1 Å². The van der Waals surface area contributed by atoms with Crippen molar-refractivity contribution in [2.24, 2.45) is 0 Å². The smallest absolute Gasteiger partial charge is 0.360 e. The van der Waals surface area contributed by atoms with E-state index in [-0.39, 0.29) is 11.6 Å². The summed E-state index contributed by atoms with van der Waals surface area (Å²) >= 11 is 0. The number of hydrogen-bond acceptors (Lipinski definition) is 5. The number of carbonyl (C=O) groups excluding carboxylic acids is 2. The van der Waals surface area contributed by atoms with Gasteiger partial charge in [-0.3, -0.25) is 4.79 Å². The number of amides is 1. The molecule has 7 heteroatoms. The van der Waals surface area contributed by atoms with Gasteiger partial charge in [-0.25, -0.2) is 9.48 Å². The predicted molar refractivity (Wildman–Crippen MR) is 64.1 cm³/mol. The summed E-state index contributed by atoms with van der Waals surface area (Å²) in [6, 6.07) is -0.499. The minimum Gasteiger partial charge on any atom is -0.464 e.